The van der Waals surface area contributed by atoms with E-state index in [4.69, 9.17) is 0 Å². The predicted molar refractivity (Wildman–Crippen MR) is 86.1 cm³/mol. The van der Waals surface area contributed by atoms with Gasteiger partial charge in [-0.3, -0.25) is 0 Å². The quantitative estimate of drug-likeness (QED) is 0.857. The molecule has 2 atom stereocenters. The number of sulfonamides is 1. The van der Waals surface area contributed by atoms with E-state index >= 15 is 0 Å². The Morgan fingerprint density at radius 1 is 1.19 bits per heavy atom. The third kappa shape index (κ3) is 3.55. The van der Waals surface area contributed by atoms with Gasteiger partial charge in [0.1, 0.15) is 5.82 Å². The SMILES string of the molecule is CC(C)c1ccc(N2CC(C)N(S(C)(=O)=O)C(C)C2)nc1. The topological polar surface area (TPSA) is 53.5 Å². The van der Waals surface area contributed by atoms with Gasteiger partial charge in [0.2, 0.25) is 10.0 Å². The van der Waals surface area contributed by atoms with Crippen molar-refractivity contribution in [1.82, 2.24) is 9.29 Å². The second-order valence-electron chi connectivity index (χ2n) is 6.30. The molecule has 0 aromatic carbocycles. The fourth-order valence-corrected chi connectivity index (χ4v) is 4.52. The maximum atomic E-state index is 11.9. The number of rotatable bonds is 3. The molecule has 6 heteroatoms. The molecule has 1 aliphatic rings. The van der Waals surface area contributed by atoms with E-state index in [9.17, 15) is 8.42 Å². The van der Waals surface area contributed by atoms with E-state index in [0.717, 1.165) is 5.82 Å². The first-order valence-electron chi connectivity index (χ1n) is 7.39. The Kier molecular flexibility index (Phi) is 4.58. The second kappa shape index (κ2) is 5.93. The Morgan fingerprint density at radius 3 is 2.14 bits per heavy atom. The lowest BCUT2D eigenvalue weighted by Gasteiger charge is -2.43. The minimum atomic E-state index is -3.16. The molecule has 2 unspecified atom stereocenters. The first-order chi connectivity index (χ1) is 9.70. The van der Waals surface area contributed by atoms with Gasteiger partial charge >= 0.3 is 0 Å². The van der Waals surface area contributed by atoms with Crippen molar-refractivity contribution >= 4 is 15.8 Å². The summed E-state index contributed by atoms with van der Waals surface area (Å²) in [5.74, 6) is 1.39. The zero-order valence-electron chi connectivity index (χ0n) is 13.4. The van der Waals surface area contributed by atoms with Crippen molar-refractivity contribution < 1.29 is 8.42 Å². The summed E-state index contributed by atoms with van der Waals surface area (Å²) in [6.07, 6.45) is 3.20. The molecule has 21 heavy (non-hydrogen) atoms. The zero-order chi connectivity index (χ0) is 15.8. The van der Waals surface area contributed by atoms with Crippen molar-refractivity contribution in [2.45, 2.75) is 45.7 Å². The fraction of sp³-hybridized carbons (Fsp3) is 0.667. The highest BCUT2D eigenvalue weighted by Gasteiger charge is 2.35. The van der Waals surface area contributed by atoms with Crippen LogP contribution in [0.15, 0.2) is 18.3 Å². The van der Waals surface area contributed by atoms with E-state index < -0.39 is 10.0 Å². The van der Waals surface area contributed by atoms with E-state index in [1.165, 1.54) is 11.8 Å². The zero-order valence-corrected chi connectivity index (χ0v) is 14.3. The molecular weight excluding hydrogens is 286 g/mol. The summed E-state index contributed by atoms with van der Waals surface area (Å²) >= 11 is 0. The summed E-state index contributed by atoms with van der Waals surface area (Å²) in [4.78, 5) is 6.71. The Labute approximate surface area is 128 Å². The molecule has 1 fully saturated rings. The van der Waals surface area contributed by atoms with Crippen molar-refractivity contribution in [1.29, 1.82) is 0 Å². The average molecular weight is 311 g/mol. The van der Waals surface area contributed by atoms with Crippen LogP contribution >= 0.6 is 0 Å². The molecule has 0 bridgehead atoms. The van der Waals surface area contributed by atoms with Crippen molar-refractivity contribution in [2.24, 2.45) is 0 Å². The predicted octanol–water partition coefficient (Wildman–Crippen LogP) is 2.06. The minimum Gasteiger partial charge on any atom is -0.353 e. The van der Waals surface area contributed by atoms with E-state index in [0.29, 0.717) is 19.0 Å². The number of anilines is 1. The molecule has 5 nitrogen and oxygen atoms in total. The summed E-state index contributed by atoms with van der Waals surface area (Å²) in [6.45, 7) is 9.53. The van der Waals surface area contributed by atoms with Crippen molar-refractivity contribution in [2.75, 3.05) is 24.2 Å². The van der Waals surface area contributed by atoms with Crippen LogP contribution in [0.3, 0.4) is 0 Å². The number of hydrogen-bond donors (Lipinski definition) is 0. The largest absolute Gasteiger partial charge is 0.353 e. The molecule has 0 N–H and O–H groups in total. The van der Waals surface area contributed by atoms with Crippen LogP contribution in [0.1, 0.15) is 39.2 Å². The number of pyridine rings is 1. The van der Waals surface area contributed by atoms with Gasteiger partial charge in [-0.05, 0) is 31.4 Å². The molecule has 0 radical (unpaired) electrons. The maximum absolute atomic E-state index is 11.9. The Morgan fingerprint density at radius 2 is 1.76 bits per heavy atom. The highest BCUT2D eigenvalue weighted by atomic mass is 32.2. The smallest absolute Gasteiger partial charge is 0.211 e. The first kappa shape index (κ1) is 16.2. The summed E-state index contributed by atoms with van der Waals surface area (Å²) < 4.78 is 25.3. The lowest BCUT2D eigenvalue weighted by Crippen LogP contribution is -2.58. The molecule has 2 heterocycles. The lowest BCUT2D eigenvalue weighted by molar-refractivity contribution is 0.242. The summed E-state index contributed by atoms with van der Waals surface area (Å²) in [7, 11) is -3.16. The molecule has 0 spiro atoms. The van der Waals surface area contributed by atoms with Crippen molar-refractivity contribution in [3.63, 3.8) is 0 Å². The molecule has 118 valence electrons. The van der Waals surface area contributed by atoms with Gasteiger partial charge in [0, 0.05) is 31.4 Å². The number of nitrogens with zero attached hydrogens (tertiary/aromatic N) is 3. The van der Waals surface area contributed by atoms with Crippen LogP contribution in [0.4, 0.5) is 5.82 Å². The fourth-order valence-electron chi connectivity index (χ4n) is 3.07. The number of hydrogen-bond acceptors (Lipinski definition) is 4. The van der Waals surface area contributed by atoms with Gasteiger partial charge in [-0.15, -0.1) is 0 Å². The van der Waals surface area contributed by atoms with Crippen LogP contribution in [0, 0.1) is 0 Å². The summed E-state index contributed by atoms with van der Waals surface area (Å²) in [6, 6.07) is 4.04. The van der Waals surface area contributed by atoms with Crippen LogP contribution in [0.2, 0.25) is 0 Å². The monoisotopic (exact) mass is 311 g/mol. The minimum absolute atomic E-state index is 0.0460. The molecule has 1 aliphatic heterocycles. The molecule has 1 saturated heterocycles. The van der Waals surface area contributed by atoms with E-state index in [1.54, 1.807) is 4.31 Å². The van der Waals surface area contributed by atoms with Gasteiger partial charge < -0.3 is 4.90 Å². The normalized spacial score (nSPS) is 24.6. The van der Waals surface area contributed by atoms with Crippen molar-refractivity contribution in [3.05, 3.63) is 23.9 Å². The van der Waals surface area contributed by atoms with E-state index in [1.807, 2.05) is 26.1 Å². The summed E-state index contributed by atoms with van der Waals surface area (Å²) in [5, 5.41) is 0. The van der Waals surface area contributed by atoms with Gasteiger partial charge in [0.15, 0.2) is 0 Å². The molecule has 2 rings (SSSR count). The molecule has 0 aliphatic carbocycles. The highest BCUT2D eigenvalue weighted by molar-refractivity contribution is 7.88. The van der Waals surface area contributed by atoms with Gasteiger partial charge in [0.25, 0.3) is 0 Å². The first-order valence-corrected chi connectivity index (χ1v) is 9.24. The number of aromatic nitrogens is 1. The average Bonchev–Trinajstić information content (AvgIpc) is 2.36. The molecular formula is C15H25N3O2S. The van der Waals surface area contributed by atoms with Crippen LogP contribution in [0.5, 0.6) is 0 Å². The van der Waals surface area contributed by atoms with Crippen LogP contribution < -0.4 is 4.90 Å². The highest BCUT2D eigenvalue weighted by Crippen LogP contribution is 2.24. The van der Waals surface area contributed by atoms with Gasteiger partial charge in [-0.2, -0.15) is 4.31 Å². The standard InChI is InChI=1S/C15H25N3O2S/c1-11(2)14-6-7-15(16-8-14)17-9-12(3)18(13(4)10-17)21(5,19)20/h6-8,11-13H,9-10H2,1-5H3. The Hall–Kier alpha value is -1.14. The summed E-state index contributed by atoms with van der Waals surface area (Å²) in [5.41, 5.74) is 1.22. The van der Waals surface area contributed by atoms with Gasteiger partial charge in [0.05, 0.1) is 6.26 Å². The molecule has 1 aromatic heterocycles. The second-order valence-corrected chi connectivity index (χ2v) is 8.19. The van der Waals surface area contributed by atoms with Crippen LogP contribution in [-0.4, -0.2) is 49.1 Å². The van der Waals surface area contributed by atoms with E-state index in [-0.39, 0.29) is 12.1 Å². The van der Waals surface area contributed by atoms with Gasteiger partial charge in [-0.1, -0.05) is 19.9 Å². The molecule has 0 saturated carbocycles. The third-order valence-corrected chi connectivity index (χ3v) is 5.47. The van der Waals surface area contributed by atoms with Gasteiger partial charge in [-0.25, -0.2) is 13.4 Å². The third-order valence-electron chi connectivity index (χ3n) is 3.98. The number of piperazine rings is 1. The van der Waals surface area contributed by atoms with Crippen LogP contribution in [-0.2, 0) is 10.0 Å². The maximum Gasteiger partial charge on any atom is 0.211 e. The lowest BCUT2D eigenvalue weighted by atomic mass is 10.1. The van der Waals surface area contributed by atoms with Crippen molar-refractivity contribution in [3.8, 4) is 0 Å². The Balaban J connectivity index is 2.17. The molecule has 1 aromatic rings. The molecule has 0 amide bonds. The van der Waals surface area contributed by atoms with E-state index in [2.05, 4.69) is 29.8 Å². The van der Waals surface area contributed by atoms with Crippen LogP contribution in [0.25, 0.3) is 0 Å². The Bertz CT molecular complexity index is 571.